The highest BCUT2D eigenvalue weighted by molar-refractivity contribution is 7.91. The number of sulfone groups is 1. The van der Waals surface area contributed by atoms with E-state index in [1.54, 1.807) is 36.7 Å². The number of hydrogen-bond acceptors (Lipinski definition) is 5. The zero-order chi connectivity index (χ0) is 21.1. The van der Waals surface area contributed by atoms with Crippen LogP contribution in [0.15, 0.2) is 89.8 Å². The number of benzene rings is 3. The van der Waals surface area contributed by atoms with Crippen molar-refractivity contribution in [1.29, 1.82) is 0 Å². The van der Waals surface area contributed by atoms with Gasteiger partial charge in [0.05, 0.1) is 17.1 Å². The number of nitrogens with one attached hydrogen (secondary N) is 1. The van der Waals surface area contributed by atoms with Crippen molar-refractivity contribution in [3.05, 3.63) is 90.5 Å². The van der Waals surface area contributed by atoms with Crippen molar-refractivity contribution in [1.82, 2.24) is 5.48 Å². The van der Waals surface area contributed by atoms with E-state index >= 15 is 0 Å². The molecule has 0 aliphatic carbocycles. The fraction of sp³-hybridized carbons (Fsp3) is 0.136. The number of ether oxygens (including phenoxy) is 1. The molecule has 0 saturated carbocycles. The zero-order valence-corrected chi connectivity index (χ0v) is 16.8. The van der Waals surface area contributed by atoms with E-state index in [-0.39, 0.29) is 12.2 Å². The molecule has 152 valence electrons. The molecule has 6 nitrogen and oxygen atoms in total. The van der Waals surface area contributed by atoms with E-state index in [9.17, 15) is 13.2 Å². The second-order valence-corrected chi connectivity index (χ2v) is 8.27. The summed E-state index contributed by atoms with van der Waals surface area (Å²) in [6.07, 6.45) is 0.220. The molecule has 29 heavy (non-hydrogen) atoms. The highest BCUT2D eigenvalue weighted by Gasteiger charge is 2.10. The molecule has 0 fully saturated rings. The maximum atomic E-state index is 11.6. The van der Waals surface area contributed by atoms with Crippen LogP contribution in [0.1, 0.15) is 12.5 Å². The first-order valence-electron chi connectivity index (χ1n) is 8.97. The van der Waals surface area contributed by atoms with Crippen molar-refractivity contribution in [3.63, 3.8) is 0 Å². The van der Waals surface area contributed by atoms with Gasteiger partial charge in [-0.15, -0.1) is 0 Å². The quantitative estimate of drug-likeness (QED) is 0.471. The van der Waals surface area contributed by atoms with Crippen molar-refractivity contribution in [2.45, 2.75) is 18.2 Å². The van der Waals surface area contributed by atoms with Gasteiger partial charge in [-0.25, -0.2) is 13.9 Å². The van der Waals surface area contributed by atoms with E-state index < -0.39 is 15.7 Å². The molecule has 0 heterocycles. The lowest BCUT2D eigenvalue weighted by molar-refractivity contribution is -0.128. The topological polar surface area (TPSA) is 92.7 Å². The summed E-state index contributed by atoms with van der Waals surface area (Å²) in [6.45, 7) is 1.63. The van der Waals surface area contributed by atoms with Crippen LogP contribution in [0.2, 0.25) is 0 Å². The molecule has 0 aliphatic rings. The first kappa shape index (κ1) is 22.1. The van der Waals surface area contributed by atoms with Gasteiger partial charge in [0.25, 0.3) is 0 Å². The number of rotatable bonds is 6. The lowest BCUT2D eigenvalue weighted by Gasteiger charge is -2.06. The zero-order valence-electron chi connectivity index (χ0n) is 16.0. The lowest BCUT2D eigenvalue weighted by Crippen LogP contribution is -2.20. The van der Waals surface area contributed by atoms with Crippen LogP contribution < -0.4 is 10.2 Å². The van der Waals surface area contributed by atoms with Gasteiger partial charge < -0.3 is 4.74 Å². The molecule has 3 aromatic carbocycles. The van der Waals surface area contributed by atoms with Gasteiger partial charge in [-0.1, -0.05) is 55.5 Å². The highest BCUT2D eigenvalue weighted by atomic mass is 32.2. The lowest BCUT2D eigenvalue weighted by atomic mass is 10.1. The van der Waals surface area contributed by atoms with Crippen LogP contribution >= 0.6 is 0 Å². The van der Waals surface area contributed by atoms with E-state index in [0.29, 0.717) is 10.6 Å². The third-order valence-electron chi connectivity index (χ3n) is 3.87. The summed E-state index contributed by atoms with van der Waals surface area (Å²) < 4.78 is 28.8. The maximum Gasteiger partial charge on any atom is 0.247 e. The molecular formula is C22H23NO5S. The number of amides is 1. The highest BCUT2D eigenvalue weighted by Crippen LogP contribution is 2.22. The number of carbonyl (C=O) groups is 1. The molecule has 7 heteroatoms. The van der Waals surface area contributed by atoms with Crippen molar-refractivity contribution >= 4 is 15.7 Å². The van der Waals surface area contributed by atoms with Gasteiger partial charge in [0.15, 0.2) is 9.84 Å². The van der Waals surface area contributed by atoms with Crippen molar-refractivity contribution in [2.75, 3.05) is 5.75 Å². The second-order valence-electron chi connectivity index (χ2n) is 5.99. The molecule has 0 radical (unpaired) electrons. The predicted octanol–water partition coefficient (Wildman–Crippen LogP) is 4.01. The van der Waals surface area contributed by atoms with Gasteiger partial charge in [0.1, 0.15) is 11.5 Å². The van der Waals surface area contributed by atoms with Crippen molar-refractivity contribution in [2.24, 2.45) is 0 Å². The average Bonchev–Trinajstić information content (AvgIpc) is 2.76. The minimum atomic E-state index is -3.14. The molecule has 3 aromatic rings. The Hall–Kier alpha value is -3.16. The van der Waals surface area contributed by atoms with E-state index in [1.807, 2.05) is 60.7 Å². The van der Waals surface area contributed by atoms with Crippen LogP contribution in [0.25, 0.3) is 0 Å². The summed E-state index contributed by atoms with van der Waals surface area (Å²) in [5.41, 5.74) is 2.46. The van der Waals surface area contributed by atoms with E-state index in [0.717, 1.165) is 11.3 Å². The van der Waals surface area contributed by atoms with Crippen LogP contribution in [0, 0.1) is 0 Å². The van der Waals surface area contributed by atoms with Crippen LogP contribution in [0.3, 0.4) is 0 Å². The molecule has 0 spiro atoms. The van der Waals surface area contributed by atoms with Crippen LogP contribution in [0.4, 0.5) is 0 Å². The Labute approximate surface area is 170 Å². The second kappa shape index (κ2) is 11.0. The summed E-state index contributed by atoms with van der Waals surface area (Å²) in [4.78, 5) is 10.9. The Morgan fingerprint density at radius 2 is 1.38 bits per heavy atom. The summed E-state index contributed by atoms with van der Waals surface area (Å²) in [5.74, 6) is 1.06. The minimum Gasteiger partial charge on any atom is -0.457 e. The van der Waals surface area contributed by atoms with Gasteiger partial charge >= 0.3 is 0 Å². The largest absolute Gasteiger partial charge is 0.457 e. The SMILES string of the molecule is CCS(=O)(=O)c1ccc(Oc2ccccc2)cc1.O=C(Cc1ccccc1)NO. The van der Waals surface area contributed by atoms with Crippen molar-refractivity contribution in [3.8, 4) is 11.5 Å². The van der Waals surface area contributed by atoms with Gasteiger partial charge in [-0.3, -0.25) is 10.0 Å². The summed E-state index contributed by atoms with van der Waals surface area (Å²) in [7, 11) is -3.14. The maximum absolute atomic E-state index is 11.6. The molecule has 3 rings (SSSR count). The Morgan fingerprint density at radius 3 is 1.90 bits per heavy atom. The number of hydrogen-bond donors (Lipinski definition) is 2. The molecule has 0 unspecified atom stereocenters. The number of para-hydroxylation sites is 1. The van der Waals surface area contributed by atoms with Crippen LogP contribution in [-0.4, -0.2) is 25.3 Å². The number of hydroxylamine groups is 1. The van der Waals surface area contributed by atoms with E-state index in [2.05, 4.69) is 0 Å². The Bertz CT molecular complexity index is 988. The molecule has 0 atom stereocenters. The smallest absolute Gasteiger partial charge is 0.247 e. The first-order valence-corrected chi connectivity index (χ1v) is 10.6. The Kier molecular flexibility index (Phi) is 8.39. The molecule has 0 aromatic heterocycles. The molecule has 2 N–H and O–H groups in total. The van der Waals surface area contributed by atoms with Crippen LogP contribution in [-0.2, 0) is 21.1 Å². The monoisotopic (exact) mass is 413 g/mol. The molecule has 1 amide bonds. The van der Waals surface area contributed by atoms with E-state index in [1.165, 1.54) is 0 Å². The third-order valence-corrected chi connectivity index (χ3v) is 5.62. The summed E-state index contributed by atoms with van der Waals surface area (Å²) in [6, 6.07) is 25.0. The fourth-order valence-corrected chi connectivity index (χ4v) is 3.21. The van der Waals surface area contributed by atoms with Gasteiger partial charge in [0.2, 0.25) is 5.91 Å². The van der Waals surface area contributed by atoms with Gasteiger partial charge in [-0.05, 0) is 42.0 Å². The Morgan fingerprint density at radius 1 is 0.862 bits per heavy atom. The summed E-state index contributed by atoms with van der Waals surface area (Å²) in [5, 5.41) is 8.20. The van der Waals surface area contributed by atoms with E-state index in [4.69, 9.17) is 9.94 Å². The Balaban J connectivity index is 0.000000234. The summed E-state index contributed by atoms with van der Waals surface area (Å²) >= 11 is 0. The molecular weight excluding hydrogens is 390 g/mol. The van der Waals surface area contributed by atoms with Crippen molar-refractivity contribution < 1.29 is 23.2 Å². The normalized spacial score (nSPS) is 10.4. The predicted molar refractivity (Wildman–Crippen MR) is 111 cm³/mol. The third kappa shape index (κ3) is 7.40. The van der Waals surface area contributed by atoms with Gasteiger partial charge in [0, 0.05) is 0 Å². The molecule has 0 bridgehead atoms. The average molecular weight is 413 g/mol. The van der Waals surface area contributed by atoms with Gasteiger partial charge in [-0.2, -0.15) is 0 Å². The first-order chi connectivity index (χ1) is 13.9. The minimum absolute atomic E-state index is 0.103. The van der Waals surface area contributed by atoms with Crippen LogP contribution in [0.5, 0.6) is 11.5 Å². The fourth-order valence-electron chi connectivity index (χ4n) is 2.33. The standard InChI is InChI=1S/C14H14O3S.C8H9NO2/c1-2-18(15,16)14-10-8-13(9-11-14)17-12-6-4-3-5-7-12;10-8(9-11)6-7-4-2-1-3-5-7/h3-11H,2H2,1H3;1-5,11H,6H2,(H,9,10). The molecule has 0 saturated heterocycles. The number of carbonyl (C=O) groups excluding carboxylic acids is 1. The molecule has 0 aliphatic heterocycles.